The summed E-state index contributed by atoms with van der Waals surface area (Å²) in [7, 11) is 0. The molecule has 0 atom stereocenters. The van der Waals surface area contributed by atoms with E-state index in [2.05, 4.69) is 12.1 Å². The molecule has 4 nitrogen and oxygen atoms in total. The summed E-state index contributed by atoms with van der Waals surface area (Å²) in [6.07, 6.45) is 0. The van der Waals surface area contributed by atoms with Gasteiger partial charge in [-0.3, -0.25) is 10.1 Å². The highest BCUT2D eigenvalue weighted by atomic mass is 32.2. The van der Waals surface area contributed by atoms with Crippen LogP contribution in [-0.2, 0) is 0 Å². The fraction of sp³-hybridized carbons (Fsp3) is 0.250. The zero-order valence-electron chi connectivity index (χ0n) is 12.0. The number of benzene rings is 2. The fourth-order valence-electron chi connectivity index (χ4n) is 1.95. The van der Waals surface area contributed by atoms with Crippen LogP contribution in [0.1, 0.15) is 11.1 Å². The second-order valence-corrected chi connectivity index (χ2v) is 5.84. The SMILES string of the molecule is Cc1cc([N+](=O)[O-])c(C)cc1OCCSc1ccccc1. The summed E-state index contributed by atoms with van der Waals surface area (Å²) in [5.74, 6) is 1.55. The van der Waals surface area contributed by atoms with Gasteiger partial charge in [-0.05, 0) is 37.6 Å². The van der Waals surface area contributed by atoms with E-state index in [4.69, 9.17) is 4.74 Å². The molecule has 0 amide bonds. The van der Waals surface area contributed by atoms with E-state index in [0.29, 0.717) is 17.9 Å². The lowest BCUT2D eigenvalue weighted by Crippen LogP contribution is -2.03. The maximum Gasteiger partial charge on any atom is 0.272 e. The average Bonchev–Trinajstić information content (AvgIpc) is 2.47. The van der Waals surface area contributed by atoms with Crippen molar-refractivity contribution in [3.8, 4) is 5.75 Å². The van der Waals surface area contributed by atoms with Gasteiger partial charge in [0.2, 0.25) is 0 Å². The van der Waals surface area contributed by atoms with Crippen molar-refractivity contribution in [2.24, 2.45) is 0 Å². The first-order valence-corrected chi connectivity index (χ1v) is 7.63. The predicted molar refractivity (Wildman–Crippen MR) is 85.2 cm³/mol. The highest BCUT2D eigenvalue weighted by Crippen LogP contribution is 2.28. The third-order valence-corrected chi connectivity index (χ3v) is 4.02. The first kappa shape index (κ1) is 15.4. The van der Waals surface area contributed by atoms with Crippen molar-refractivity contribution in [3.63, 3.8) is 0 Å². The molecule has 0 heterocycles. The minimum Gasteiger partial charge on any atom is -0.492 e. The Labute approximate surface area is 128 Å². The molecule has 0 unspecified atom stereocenters. The Bertz CT molecular complexity index is 629. The Morgan fingerprint density at radius 1 is 1.14 bits per heavy atom. The van der Waals surface area contributed by atoms with Crippen LogP contribution in [0.15, 0.2) is 47.4 Å². The standard InChI is InChI=1S/C16H17NO3S/c1-12-11-16(13(2)10-15(12)17(18)19)20-8-9-21-14-6-4-3-5-7-14/h3-7,10-11H,8-9H2,1-2H3. The second kappa shape index (κ2) is 7.13. The highest BCUT2D eigenvalue weighted by molar-refractivity contribution is 7.99. The Morgan fingerprint density at radius 2 is 1.86 bits per heavy atom. The number of thioether (sulfide) groups is 1. The zero-order valence-corrected chi connectivity index (χ0v) is 12.9. The summed E-state index contributed by atoms with van der Waals surface area (Å²) >= 11 is 1.72. The van der Waals surface area contributed by atoms with Crippen LogP contribution in [0.4, 0.5) is 5.69 Å². The summed E-state index contributed by atoms with van der Waals surface area (Å²) < 4.78 is 5.73. The molecule has 0 saturated heterocycles. The van der Waals surface area contributed by atoms with Crippen molar-refractivity contribution in [1.82, 2.24) is 0 Å². The first-order chi connectivity index (χ1) is 10.1. The maximum absolute atomic E-state index is 10.9. The van der Waals surface area contributed by atoms with E-state index < -0.39 is 0 Å². The molecule has 5 heteroatoms. The van der Waals surface area contributed by atoms with Crippen molar-refractivity contribution in [2.75, 3.05) is 12.4 Å². The Morgan fingerprint density at radius 3 is 2.52 bits per heavy atom. The van der Waals surface area contributed by atoms with Crippen LogP contribution in [0.2, 0.25) is 0 Å². The van der Waals surface area contributed by atoms with Crippen molar-refractivity contribution < 1.29 is 9.66 Å². The van der Waals surface area contributed by atoms with E-state index in [1.54, 1.807) is 30.8 Å². The lowest BCUT2D eigenvalue weighted by molar-refractivity contribution is -0.385. The van der Waals surface area contributed by atoms with Crippen molar-refractivity contribution in [3.05, 3.63) is 63.7 Å². The molecular formula is C16H17NO3S. The monoisotopic (exact) mass is 303 g/mol. The number of hydrogen-bond acceptors (Lipinski definition) is 4. The van der Waals surface area contributed by atoms with Gasteiger partial charge in [-0.2, -0.15) is 0 Å². The van der Waals surface area contributed by atoms with Crippen LogP contribution in [0.25, 0.3) is 0 Å². The Hall–Kier alpha value is -2.01. The number of nitro groups is 1. The number of hydrogen-bond donors (Lipinski definition) is 0. The summed E-state index contributed by atoms with van der Waals surface area (Å²) in [5, 5.41) is 10.9. The smallest absolute Gasteiger partial charge is 0.272 e. The van der Waals surface area contributed by atoms with Crippen LogP contribution in [0, 0.1) is 24.0 Å². The molecule has 2 aromatic carbocycles. The molecule has 0 fully saturated rings. The lowest BCUT2D eigenvalue weighted by Gasteiger charge is -2.10. The van der Waals surface area contributed by atoms with Crippen LogP contribution < -0.4 is 4.74 Å². The number of nitro benzene ring substituents is 1. The Kier molecular flexibility index (Phi) is 5.22. The molecule has 0 saturated carbocycles. The first-order valence-electron chi connectivity index (χ1n) is 6.64. The molecule has 0 aliphatic rings. The molecule has 110 valence electrons. The topological polar surface area (TPSA) is 52.4 Å². The molecule has 2 aromatic rings. The van der Waals surface area contributed by atoms with Crippen molar-refractivity contribution in [2.45, 2.75) is 18.7 Å². The van der Waals surface area contributed by atoms with E-state index in [1.165, 1.54) is 4.90 Å². The van der Waals surface area contributed by atoms with Crippen molar-refractivity contribution in [1.29, 1.82) is 0 Å². The third-order valence-electron chi connectivity index (χ3n) is 3.04. The lowest BCUT2D eigenvalue weighted by atomic mass is 10.1. The molecule has 0 bridgehead atoms. The van der Waals surface area contributed by atoms with Gasteiger partial charge in [0.25, 0.3) is 5.69 Å². The van der Waals surface area contributed by atoms with Gasteiger partial charge < -0.3 is 4.74 Å². The number of ether oxygens (including phenoxy) is 1. The molecule has 0 spiro atoms. The van der Waals surface area contributed by atoms with E-state index in [1.807, 2.05) is 25.1 Å². The fourth-order valence-corrected chi connectivity index (χ4v) is 2.71. The van der Waals surface area contributed by atoms with Crippen LogP contribution >= 0.6 is 11.8 Å². The predicted octanol–water partition coefficient (Wildman–Crippen LogP) is 4.38. The maximum atomic E-state index is 10.9. The number of rotatable bonds is 6. The minimum absolute atomic E-state index is 0.138. The van der Waals surface area contributed by atoms with Gasteiger partial charge in [-0.1, -0.05) is 18.2 Å². The molecule has 0 aromatic heterocycles. The van der Waals surface area contributed by atoms with E-state index in [9.17, 15) is 10.1 Å². The van der Waals surface area contributed by atoms with Gasteiger partial charge >= 0.3 is 0 Å². The summed E-state index contributed by atoms with van der Waals surface area (Å²) in [4.78, 5) is 11.7. The molecule has 0 aliphatic heterocycles. The summed E-state index contributed by atoms with van der Waals surface area (Å²) in [6.45, 7) is 4.12. The van der Waals surface area contributed by atoms with Gasteiger partial charge in [0.15, 0.2) is 0 Å². The molecule has 2 rings (SSSR count). The molecule has 0 radical (unpaired) electrons. The third kappa shape index (κ3) is 4.23. The second-order valence-electron chi connectivity index (χ2n) is 4.67. The molecule has 0 N–H and O–H groups in total. The summed E-state index contributed by atoms with van der Waals surface area (Å²) in [5.41, 5.74) is 1.55. The van der Waals surface area contributed by atoms with Crippen LogP contribution in [0.5, 0.6) is 5.75 Å². The van der Waals surface area contributed by atoms with Crippen molar-refractivity contribution >= 4 is 17.4 Å². The average molecular weight is 303 g/mol. The zero-order chi connectivity index (χ0) is 15.2. The van der Waals surface area contributed by atoms with Gasteiger partial charge in [0.1, 0.15) is 5.75 Å². The highest BCUT2D eigenvalue weighted by Gasteiger charge is 2.13. The minimum atomic E-state index is -0.364. The molecule has 21 heavy (non-hydrogen) atoms. The molecular weight excluding hydrogens is 286 g/mol. The van der Waals surface area contributed by atoms with E-state index >= 15 is 0 Å². The van der Waals surface area contributed by atoms with Crippen LogP contribution in [0.3, 0.4) is 0 Å². The van der Waals surface area contributed by atoms with E-state index in [-0.39, 0.29) is 10.6 Å². The normalized spacial score (nSPS) is 10.4. The van der Waals surface area contributed by atoms with Gasteiger partial charge in [0.05, 0.1) is 11.5 Å². The number of aryl methyl sites for hydroxylation is 2. The quantitative estimate of drug-likeness (QED) is 0.344. The largest absolute Gasteiger partial charge is 0.492 e. The van der Waals surface area contributed by atoms with Gasteiger partial charge in [-0.15, -0.1) is 11.8 Å². The number of nitrogens with zero attached hydrogens (tertiary/aromatic N) is 1. The Balaban J connectivity index is 1.92. The van der Waals surface area contributed by atoms with Crippen LogP contribution in [-0.4, -0.2) is 17.3 Å². The molecule has 0 aliphatic carbocycles. The van der Waals surface area contributed by atoms with E-state index in [0.717, 1.165) is 11.3 Å². The van der Waals surface area contributed by atoms with Gasteiger partial charge in [-0.25, -0.2) is 0 Å². The summed E-state index contributed by atoms with van der Waals surface area (Å²) in [6, 6.07) is 13.4. The van der Waals surface area contributed by atoms with Gasteiger partial charge in [0, 0.05) is 22.3 Å².